The van der Waals surface area contributed by atoms with Crippen LogP contribution in [0.2, 0.25) is 0 Å². The van der Waals surface area contributed by atoms with Crippen molar-refractivity contribution in [1.82, 2.24) is 4.90 Å². The minimum absolute atomic E-state index is 0.0975. The molecule has 1 aliphatic heterocycles. The first-order valence-electron chi connectivity index (χ1n) is 7.25. The fourth-order valence-corrected chi connectivity index (χ4v) is 2.93. The van der Waals surface area contributed by atoms with E-state index in [9.17, 15) is 10.1 Å². The molecule has 1 heterocycles. The molecule has 0 aromatic heterocycles. The summed E-state index contributed by atoms with van der Waals surface area (Å²) in [4.78, 5) is 12.9. The summed E-state index contributed by atoms with van der Waals surface area (Å²) in [6, 6.07) is 16.9. The normalized spacial score (nSPS) is 25.3. The molecule has 0 bridgehead atoms. The van der Waals surface area contributed by atoms with Crippen LogP contribution >= 0.6 is 0 Å². The van der Waals surface area contributed by atoms with E-state index in [0.717, 1.165) is 5.56 Å². The van der Waals surface area contributed by atoms with Gasteiger partial charge in [-0.05, 0) is 25.6 Å². The Morgan fingerprint density at radius 1 is 1.09 bits per heavy atom. The Morgan fingerprint density at radius 2 is 1.73 bits per heavy atom. The van der Waals surface area contributed by atoms with E-state index >= 15 is 0 Å². The summed E-state index contributed by atoms with van der Waals surface area (Å²) in [5.74, 6) is 0. The molecule has 0 radical (unpaired) electrons. The quantitative estimate of drug-likeness (QED) is 0.640. The number of ether oxygens (including phenoxy) is 1. The maximum atomic E-state index is 11.2. The third-order valence-electron chi connectivity index (χ3n) is 4.25. The zero-order valence-corrected chi connectivity index (χ0v) is 12.5. The first-order valence-corrected chi connectivity index (χ1v) is 7.25. The average Bonchev–Trinajstić information content (AvgIpc) is 2.84. The summed E-state index contributed by atoms with van der Waals surface area (Å²) < 4.78 is 6.17. The van der Waals surface area contributed by atoms with Crippen LogP contribution in [0.5, 0.6) is 0 Å². The Bertz CT molecular complexity index is 675. The molecular formula is C17H18N2O3. The Kier molecular flexibility index (Phi) is 3.92. The molecule has 1 aliphatic rings. The first-order chi connectivity index (χ1) is 10.6. The van der Waals surface area contributed by atoms with Gasteiger partial charge in [0.1, 0.15) is 12.3 Å². The molecule has 0 spiro atoms. The van der Waals surface area contributed by atoms with Crippen LogP contribution in [-0.4, -0.2) is 22.9 Å². The number of nitro groups is 1. The van der Waals surface area contributed by atoms with Crippen molar-refractivity contribution >= 4 is 5.69 Å². The van der Waals surface area contributed by atoms with Crippen molar-refractivity contribution in [1.29, 1.82) is 0 Å². The molecule has 0 N–H and O–H groups in total. The molecule has 22 heavy (non-hydrogen) atoms. The fourth-order valence-electron chi connectivity index (χ4n) is 2.93. The number of likely N-dealkylation sites (N-methyl/N-ethyl adjacent to an activating group) is 1. The van der Waals surface area contributed by atoms with Crippen molar-refractivity contribution < 1.29 is 9.66 Å². The van der Waals surface area contributed by atoms with Gasteiger partial charge in [0, 0.05) is 12.1 Å². The van der Waals surface area contributed by atoms with Crippen LogP contribution in [0.1, 0.15) is 30.4 Å². The zero-order chi connectivity index (χ0) is 15.7. The summed E-state index contributed by atoms with van der Waals surface area (Å²) in [6.45, 7) is 2.08. The Balaban J connectivity index is 1.95. The van der Waals surface area contributed by atoms with Gasteiger partial charge in [0.25, 0.3) is 5.69 Å². The van der Waals surface area contributed by atoms with Gasteiger partial charge < -0.3 is 4.74 Å². The molecule has 0 aliphatic carbocycles. The molecule has 3 rings (SSSR count). The lowest BCUT2D eigenvalue weighted by molar-refractivity contribution is -0.386. The smallest absolute Gasteiger partial charge is 0.276 e. The molecule has 3 atom stereocenters. The molecule has 0 unspecified atom stereocenters. The first kappa shape index (κ1) is 14.7. The topological polar surface area (TPSA) is 55.6 Å². The van der Waals surface area contributed by atoms with Gasteiger partial charge in [0.05, 0.1) is 10.5 Å². The molecule has 1 saturated heterocycles. The van der Waals surface area contributed by atoms with Gasteiger partial charge in [-0.3, -0.25) is 15.0 Å². The summed E-state index contributed by atoms with van der Waals surface area (Å²) in [5, 5.41) is 11.2. The van der Waals surface area contributed by atoms with Crippen LogP contribution in [0.4, 0.5) is 5.69 Å². The monoisotopic (exact) mass is 298 g/mol. The molecule has 1 fully saturated rings. The summed E-state index contributed by atoms with van der Waals surface area (Å²) in [7, 11) is 1.94. The standard InChI is InChI=1S/C17H18N2O3/c1-12-16(13-8-4-3-5-9-13)22-17(18(12)2)14-10-6-7-11-15(14)19(20)21/h3-12,16-17H,1-2H3/t12-,16-,17-/m0/s1. The van der Waals surface area contributed by atoms with E-state index in [2.05, 4.69) is 6.92 Å². The van der Waals surface area contributed by atoms with Gasteiger partial charge in [-0.1, -0.05) is 42.5 Å². The number of nitro benzene ring substituents is 1. The Labute approximate surface area is 129 Å². The lowest BCUT2D eigenvalue weighted by atomic mass is 10.0. The zero-order valence-electron chi connectivity index (χ0n) is 12.5. The number of hydrogen-bond donors (Lipinski definition) is 0. The Hall–Kier alpha value is -2.24. The van der Waals surface area contributed by atoms with Crippen molar-refractivity contribution in [2.75, 3.05) is 7.05 Å². The third-order valence-corrected chi connectivity index (χ3v) is 4.25. The number of nitrogens with zero attached hydrogens (tertiary/aromatic N) is 2. The average molecular weight is 298 g/mol. The largest absolute Gasteiger partial charge is 0.349 e. The van der Waals surface area contributed by atoms with E-state index in [1.807, 2.05) is 42.3 Å². The number of hydrogen-bond acceptors (Lipinski definition) is 4. The van der Waals surface area contributed by atoms with E-state index in [0.29, 0.717) is 5.56 Å². The second-order valence-corrected chi connectivity index (χ2v) is 5.54. The van der Waals surface area contributed by atoms with Crippen LogP contribution in [0.15, 0.2) is 54.6 Å². The van der Waals surface area contributed by atoms with Crippen LogP contribution in [0.25, 0.3) is 0 Å². The maximum Gasteiger partial charge on any atom is 0.276 e. The molecule has 5 heteroatoms. The van der Waals surface area contributed by atoms with Crippen LogP contribution < -0.4 is 0 Å². The van der Waals surface area contributed by atoms with Crippen LogP contribution in [0, 0.1) is 10.1 Å². The minimum Gasteiger partial charge on any atom is -0.349 e. The van der Waals surface area contributed by atoms with Crippen molar-refractivity contribution in [3.05, 3.63) is 75.8 Å². The highest BCUT2D eigenvalue weighted by atomic mass is 16.6. The second kappa shape index (κ2) is 5.87. The van der Waals surface area contributed by atoms with E-state index < -0.39 is 6.23 Å². The molecule has 2 aromatic carbocycles. The van der Waals surface area contributed by atoms with Crippen LogP contribution in [-0.2, 0) is 4.74 Å². The molecule has 5 nitrogen and oxygen atoms in total. The van der Waals surface area contributed by atoms with Gasteiger partial charge in [0.15, 0.2) is 0 Å². The lowest BCUT2D eigenvalue weighted by Crippen LogP contribution is -2.27. The summed E-state index contributed by atoms with van der Waals surface area (Å²) in [5.41, 5.74) is 1.78. The van der Waals surface area contributed by atoms with Crippen molar-refractivity contribution in [2.45, 2.75) is 25.3 Å². The van der Waals surface area contributed by atoms with Gasteiger partial charge in [-0.25, -0.2) is 0 Å². The second-order valence-electron chi connectivity index (χ2n) is 5.54. The fraction of sp³-hybridized carbons (Fsp3) is 0.294. The number of para-hydroxylation sites is 1. The SMILES string of the molecule is C[C@H]1[C@@H](c2ccccc2)O[C@@H](c2ccccc2[N+](=O)[O-])N1C. The molecule has 0 amide bonds. The van der Waals surface area contributed by atoms with Gasteiger partial charge in [-0.2, -0.15) is 0 Å². The highest BCUT2D eigenvalue weighted by molar-refractivity contribution is 5.42. The van der Waals surface area contributed by atoms with E-state index in [4.69, 9.17) is 4.74 Å². The van der Waals surface area contributed by atoms with Gasteiger partial charge in [-0.15, -0.1) is 0 Å². The summed E-state index contributed by atoms with van der Waals surface area (Å²) in [6.07, 6.45) is -0.516. The number of rotatable bonds is 3. The van der Waals surface area contributed by atoms with Gasteiger partial charge in [0.2, 0.25) is 0 Å². The predicted molar refractivity (Wildman–Crippen MR) is 83.3 cm³/mol. The summed E-state index contributed by atoms with van der Waals surface area (Å²) >= 11 is 0. The molecule has 114 valence electrons. The Morgan fingerprint density at radius 3 is 2.41 bits per heavy atom. The van der Waals surface area contributed by atoms with Crippen LogP contribution in [0.3, 0.4) is 0 Å². The van der Waals surface area contributed by atoms with Crippen molar-refractivity contribution in [3.63, 3.8) is 0 Å². The predicted octanol–water partition coefficient (Wildman–Crippen LogP) is 3.69. The van der Waals surface area contributed by atoms with Gasteiger partial charge >= 0.3 is 0 Å². The minimum atomic E-state index is -0.415. The molecule has 2 aromatic rings. The lowest BCUT2D eigenvalue weighted by Gasteiger charge is -2.21. The highest BCUT2D eigenvalue weighted by Gasteiger charge is 2.41. The number of benzene rings is 2. The van der Waals surface area contributed by atoms with Crippen molar-refractivity contribution in [3.8, 4) is 0 Å². The third kappa shape index (κ3) is 2.49. The molecule has 0 saturated carbocycles. The van der Waals surface area contributed by atoms with E-state index in [-0.39, 0.29) is 22.8 Å². The molecular weight excluding hydrogens is 280 g/mol. The van der Waals surface area contributed by atoms with Crippen molar-refractivity contribution in [2.24, 2.45) is 0 Å². The highest BCUT2D eigenvalue weighted by Crippen LogP contribution is 2.43. The maximum absolute atomic E-state index is 11.2. The van der Waals surface area contributed by atoms with E-state index in [1.54, 1.807) is 18.2 Å². The van der Waals surface area contributed by atoms with E-state index in [1.165, 1.54) is 6.07 Å².